The van der Waals surface area contributed by atoms with E-state index in [0.717, 1.165) is 12.0 Å². The number of carbonyl (C=O) groups excluding carboxylic acids is 1. The maximum absolute atomic E-state index is 12.1. The first kappa shape index (κ1) is 20.8. The Labute approximate surface area is 159 Å². The summed E-state index contributed by atoms with van der Waals surface area (Å²) in [6.45, 7) is 5.34. The van der Waals surface area contributed by atoms with Crippen molar-refractivity contribution in [2.24, 2.45) is 11.1 Å². The number of rotatable bonds is 9. The number of nitrogens with zero attached hydrogens (tertiary/aromatic N) is 2. The van der Waals surface area contributed by atoms with Gasteiger partial charge in [-0.3, -0.25) is 4.79 Å². The number of aromatic nitrogens is 2. The fourth-order valence-corrected chi connectivity index (χ4v) is 2.82. The van der Waals surface area contributed by atoms with Gasteiger partial charge in [0.2, 0.25) is 16.0 Å². The van der Waals surface area contributed by atoms with E-state index in [1.807, 2.05) is 0 Å². The fraction of sp³-hybridized carbons (Fsp3) is 0.389. The van der Waals surface area contributed by atoms with E-state index in [2.05, 4.69) is 34.4 Å². The van der Waals surface area contributed by atoms with Gasteiger partial charge in [-0.05, 0) is 42.5 Å². The molecule has 4 N–H and O–H groups in total. The second-order valence-corrected chi connectivity index (χ2v) is 8.13. The summed E-state index contributed by atoms with van der Waals surface area (Å²) in [6.07, 6.45) is 3.08. The summed E-state index contributed by atoms with van der Waals surface area (Å²) < 4.78 is 22.5. The lowest BCUT2D eigenvalue weighted by Crippen LogP contribution is -2.26. The van der Waals surface area contributed by atoms with Crippen molar-refractivity contribution in [2.45, 2.75) is 31.6 Å². The van der Waals surface area contributed by atoms with Gasteiger partial charge in [-0.1, -0.05) is 26.0 Å². The molecule has 0 aliphatic heterocycles. The van der Waals surface area contributed by atoms with Crippen LogP contribution in [0, 0.1) is 5.92 Å². The summed E-state index contributed by atoms with van der Waals surface area (Å²) in [5, 5.41) is 11.0. The average molecular weight is 391 g/mol. The Kier molecular flexibility index (Phi) is 7.26. The molecule has 8 nitrogen and oxygen atoms in total. The number of hydrogen-bond donors (Lipinski definition) is 3. The van der Waals surface area contributed by atoms with Crippen molar-refractivity contribution in [1.29, 1.82) is 0 Å². The Morgan fingerprint density at radius 2 is 1.85 bits per heavy atom. The highest BCUT2D eigenvalue weighted by Gasteiger charge is 2.09. The van der Waals surface area contributed by atoms with Crippen molar-refractivity contribution in [3.63, 3.8) is 0 Å². The van der Waals surface area contributed by atoms with Crippen LogP contribution in [0.5, 0.6) is 0 Å². The molecule has 1 heterocycles. The molecular formula is C18H25N5O3S. The summed E-state index contributed by atoms with van der Waals surface area (Å²) in [5.74, 6) is 0.666. The van der Waals surface area contributed by atoms with Crippen LogP contribution in [0.2, 0.25) is 0 Å². The van der Waals surface area contributed by atoms with E-state index in [0.29, 0.717) is 37.1 Å². The molecule has 0 spiro atoms. The Hall–Kier alpha value is -2.52. The average Bonchev–Trinajstić information content (AvgIpc) is 2.61. The van der Waals surface area contributed by atoms with Crippen molar-refractivity contribution >= 4 is 21.9 Å². The summed E-state index contributed by atoms with van der Waals surface area (Å²) in [5.41, 5.74) is 1.26. The molecule has 0 fully saturated rings. The minimum absolute atomic E-state index is 0.0822. The van der Waals surface area contributed by atoms with Crippen LogP contribution in [0.3, 0.4) is 0 Å². The summed E-state index contributed by atoms with van der Waals surface area (Å²) >= 11 is 0. The third kappa shape index (κ3) is 6.95. The van der Waals surface area contributed by atoms with Crippen molar-refractivity contribution < 1.29 is 13.2 Å². The molecule has 27 heavy (non-hydrogen) atoms. The van der Waals surface area contributed by atoms with Crippen LogP contribution in [0.4, 0.5) is 5.95 Å². The first-order valence-electron chi connectivity index (χ1n) is 8.72. The predicted molar refractivity (Wildman–Crippen MR) is 104 cm³/mol. The van der Waals surface area contributed by atoms with Gasteiger partial charge in [0.05, 0.1) is 4.90 Å². The zero-order valence-corrected chi connectivity index (χ0v) is 16.3. The zero-order valence-electron chi connectivity index (χ0n) is 15.5. The van der Waals surface area contributed by atoms with Crippen LogP contribution in [0.15, 0.2) is 41.4 Å². The summed E-state index contributed by atoms with van der Waals surface area (Å²) in [4.78, 5) is 20.5. The van der Waals surface area contributed by atoms with E-state index in [9.17, 15) is 13.2 Å². The molecule has 0 unspecified atom stereocenters. The molecule has 2 rings (SSSR count). The van der Waals surface area contributed by atoms with Gasteiger partial charge in [-0.25, -0.2) is 23.5 Å². The smallest absolute Gasteiger partial charge is 0.270 e. The van der Waals surface area contributed by atoms with E-state index < -0.39 is 10.0 Å². The Morgan fingerprint density at radius 1 is 1.15 bits per heavy atom. The summed E-state index contributed by atoms with van der Waals surface area (Å²) in [7, 11) is -3.68. The SMILES string of the molecule is CC(C)CCNC(=O)c1ccnc(NCCc2ccc(S(N)(=O)=O)cc2)n1. The normalized spacial score (nSPS) is 11.4. The second kappa shape index (κ2) is 9.43. The Balaban J connectivity index is 1.86. The number of nitrogens with two attached hydrogens (primary N) is 1. The van der Waals surface area contributed by atoms with E-state index >= 15 is 0 Å². The number of carbonyl (C=O) groups is 1. The number of primary sulfonamides is 1. The molecule has 9 heteroatoms. The highest BCUT2D eigenvalue weighted by Crippen LogP contribution is 2.09. The lowest BCUT2D eigenvalue weighted by Gasteiger charge is -2.08. The van der Waals surface area contributed by atoms with Gasteiger partial charge in [-0.15, -0.1) is 0 Å². The van der Waals surface area contributed by atoms with Gasteiger partial charge in [0.25, 0.3) is 5.91 Å². The van der Waals surface area contributed by atoms with E-state index in [4.69, 9.17) is 5.14 Å². The number of sulfonamides is 1. The van der Waals surface area contributed by atoms with Gasteiger partial charge in [0, 0.05) is 19.3 Å². The molecule has 0 aliphatic carbocycles. The molecule has 146 valence electrons. The number of nitrogens with one attached hydrogen (secondary N) is 2. The van der Waals surface area contributed by atoms with Gasteiger partial charge >= 0.3 is 0 Å². The van der Waals surface area contributed by atoms with Crippen LogP contribution in [0.25, 0.3) is 0 Å². The number of benzene rings is 1. The van der Waals surface area contributed by atoms with Crippen molar-refractivity contribution in [1.82, 2.24) is 15.3 Å². The lowest BCUT2D eigenvalue weighted by atomic mass is 10.1. The first-order valence-corrected chi connectivity index (χ1v) is 10.3. The third-order valence-electron chi connectivity index (χ3n) is 3.84. The molecule has 0 radical (unpaired) electrons. The monoisotopic (exact) mass is 391 g/mol. The van der Waals surface area contributed by atoms with Crippen molar-refractivity contribution in [2.75, 3.05) is 18.4 Å². The maximum Gasteiger partial charge on any atom is 0.270 e. The van der Waals surface area contributed by atoms with Crippen molar-refractivity contribution in [3.8, 4) is 0 Å². The first-order chi connectivity index (χ1) is 12.8. The van der Waals surface area contributed by atoms with Gasteiger partial charge in [-0.2, -0.15) is 0 Å². The van der Waals surface area contributed by atoms with E-state index in [1.54, 1.807) is 18.2 Å². The largest absolute Gasteiger partial charge is 0.354 e. The van der Waals surface area contributed by atoms with E-state index in [-0.39, 0.29) is 10.8 Å². The van der Waals surface area contributed by atoms with Crippen LogP contribution < -0.4 is 15.8 Å². The molecule has 2 aromatic rings. The van der Waals surface area contributed by atoms with Gasteiger partial charge < -0.3 is 10.6 Å². The molecule has 1 amide bonds. The molecule has 0 saturated heterocycles. The molecule has 0 bridgehead atoms. The predicted octanol–water partition coefficient (Wildman–Crippen LogP) is 1.55. The standard InChI is InChI=1S/C18H25N5O3S/c1-13(2)7-10-20-17(24)16-9-12-22-18(23-16)21-11-8-14-3-5-15(6-4-14)27(19,25)26/h3-6,9,12-13H,7-8,10-11H2,1-2H3,(H,20,24)(H2,19,25,26)(H,21,22,23). The molecule has 0 aliphatic rings. The second-order valence-electron chi connectivity index (χ2n) is 6.57. The highest BCUT2D eigenvalue weighted by molar-refractivity contribution is 7.89. The highest BCUT2D eigenvalue weighted by atomic mass is 32.2. The number of anilines is 1. The third-order valence-corrected chi connectivity index (χ3v) is 4.77. The number of amides is 1. The fourth-order valence-electron chi connectivity index (χ4n) is 2.30. The topological polar surface area (TPSA) is 127 Å². The van der Waals surface area contributed by atoms with Crippen LogP contribution >= 0.6 is 0 Å². The lowest BCUT2D eigenvalue weighted by molar-refractivity contribution is 0.0947. The Bertz CT molecular complexity index is 867. The molecular weight excluding hydrogens is 366 g/mol. The van der Waals surface area contributed by atoms with E-state index in [1.165, 1.54) is 18.3 Å². The Morgan fingerprint density at radius 3 is 2.48 bits per heavy atom. The van der Waals surface area contributed by atoms with Crippen LogP contribution in [-0.4, -0.2) is 37.4 Å². The minimum atomic E-state index is -3.68. The molecule has 0 saturated carbocycles. The zero-order chi connectivity index (χ0) is 19.9. The summed E-state index contributed by atoms with van der Waals surface area (Å²) in [6, 6.07) is 7.94. The molecule has 1 aromatic carbocycles. The van der Waals surface area contributed by atoms with Crippen molar-refractivity contribution in [3.05, 3.63) is 47.8 Å². The maximum atomic E-state index is 12.1. The van der Waals surface area contributed by atoms with Gasteiger partial charge in [0.15, 0.2) is 0 Å². The van der Waals surface area contributed by atoms with Gasteiger partial charge in [0.1, 0.15) is 5.69 Å². The minimum Gasteiger partial charge on any atom is -0.354 e. The molecule has 1 aromatic heterocycles. The number of hydrogen-bond acceptors (Lipinski definition) is 6. The van der Waals surface area contributed by atoms with Crippen LogP contribution in [0.1, 0.15) is 36.3 Å². The quantitative estimate of drug-likeness (QED) is 0.595. The molecule has 0 atom stereocenters. The van der Waals surface area contributed by atoms with Crippen LogP contribution in [-0.2, 0) is 16.4 Å².